The maximum Gasteiger partial charge on any atom is 0.427 e. The van der Waals surface area contributed by atoms with Crippen LogP contribution in [0.15, 0.2) is 33.8 Å². The zero-order chi connectivity index (χ0) is 11.3. The summed E-state index contributed by atoms with van der Waals surface area (Å²) in [5.41, 5.74) is 3.90. The highest BCUT2D eigenvalue weighted by molar-refractivity contribution is 9.10. The van der Waals surface area contributed by atoms with Crippen molar-refractivity contribution in [3.8, 4) is 0 Å². The molecule has 0 aliphatic carbocycles. The number of ether oxygens (including phenoxy) is 1. The van der Waals surface area contributed by atoms with Gasteiger partial charge in [0.15, 0.2) is 0 Å². The van der Waals surface area contributed by atoms with Crippen molar-refractivity contribution in [3.05, 3.63) is 34.3 Å². The minimum absolute atomic E-state index is 0.579. The number of hydrazone groups is 1. The Morgan fingerprint density at radius 2 is 2.27 bits per heavy atom. The van der Waals surface area contributed by atoms with Crippen molar-refractivity contribution in [1.29, 1.82) is 0 Å². The third-order valence-electron chi connectivity index (χ3n) is 1.74. The van der Waals surface area contributed by atoms with Crippen LogP contribution in [0, 0.1) is 0 Å². The molecule has 0 saturated carbocycles. The molecular formula is C10H11BrN2O2. The Balaban J connectivity index is 2.75. The molecular weight excluding hydrogens is 260 g/mol. The molecule has 1 rings (SSSR count). The molecule has 80 valence electrons. The Hall–Kier alpha value is -1.36. The lowest BCUT2D eigenvalue weighted by molar-refractivity contribution is 0.171. The van der Waals surface area contributed by atoms with E-state index in [0.29, 0.717) is 5.71 Å². The Morgan fingerprint density at radius 3 is 2.87 bits per heavy atom. The normalized spacial score (nSPS) is 11.0. The van der Waals surface area contributed by atoms with Crippen LogP contribution in [0.1, 0.15) is 12.5 Å². The van der Waals surface area contributed by atoms with Crippen molar-refractivity contribution in [2.45, 2.75) is 6.92 Å². The highest BCUT2D eigenvalue weighted by Gasteiger charge is 1.99. The van der Waals surface area contributed by atoms with E-state index >= 15 is 0 Å². The molecule has 1 aromatic rings. The number of carbonyl (C=O) groups excluding carboxylic acids is 1. The number of nitrogens with one attached hydrogen (secondary N) is 1. The van der Waals surface area contributed by atoms with Crippen molar-refractivity contribution in [2.75, 3.05) is 7.11 Å². The third-order valence-corrected chi connectivity index (χ3v) is 2.24. The van der Waals surface area contributed by atoms with E-state index < -0.39 is 6.09 Å². The van der Waals surface area contributed by atoms with Gasteiger partial charge in [0.1, 0.15) is 0 Å². The number of halogens is 1. The minimum atomic E-state index is -0.579. The van der Waals surface area contributed by atoms with Crippen LogP contribution in [0.5, 0.6) is 0 Å². The standard InChI is InChI=1S/C10H11BrN2O2/c1-7(12-13-10(14)15-2)8-4-3-5-9(11)6-8/h3-6H,1-2H3,(H,13,14)/b12-7-. The van der Waals surface area contributed by atoms with E-state index in [1.165, 1.54) is 7.11 Å². The van der Waals surface area contributed by atoms with Gasteiger partial charge in [-0.05, 0) is 24.6 Å². The van der Waals surface area contributed by atoms with Crippen LogP contribution in [-0.2, 0) is 4.74 Å². The number of carbonyl (C=O) groups is 1. The second-order valence-electron chi connectivity index (χ2n) is 2.81. The van der Waals surface area contributed by atoms with Crippen molar-refractivity contribution in [3.63, 3.8) is 0 Å². The number of amides is 1. The quantitative estimate of drug-likeness (QED) is 0.663. The van der Waals surface area contributed by atoms with Crippen molar-refractivity contribution >= 4 is 27.7 Å². The van der Waals surface area contributed by atoms with E-state index in [1.807, 2.05) is 24.3 Å². The van der Waals surface area contributed by atoms with Gasteiger partial charge < -0.3 is 4.74 Å². The number of nitrogens with zero attached hydrogens (tertiary/aromatic N) is 1. The van der Waals surface area contributed by atoms with Crippen LogP contribution in [-0.4, -0.2) is 18.9 Å². The average molecular weight is 271 g/mol. The molecule has 0 aromatic heterocycles. The van der Waals surface area contributed by atoms with E-state index in [1.54, 1.807) is 6.92 Å². The molecule has 0 radical (unpaired) electrons. The van der Waals surface area contributed by atoms with Gasteiger partial charge in [0.2, 0.25) is 0 Å². The molecule has 0 aliphatic heterocycles. The van der Waals surface area contributed by atoms with Gasteiger partial charge in [-0.25, -0.2) is 10.2 Å². The summed E-state index contributed by atoms with van der Waals surface area (Å²) in [4.78, 5) is 10.8. The fourth-order valence-corrected chi connectivity index (χ4v) is 1.35. The fraction of sp³-hybridized carbons (Fsp3) is 0.200. The SMILES string of the molecule is COC(=O)N/N=C(/C)c1cccc(Br)c1. The number of benzene rings is 1. The first kappa shape index (κ1) is 11.7. The van der Waals surface area contributed by atoms with Gasteiger partial charge >= 0.3 is 6.09 Å². The lowest BCUT2D eigenvalue weighted by Gasteiger charge is -2.02. The van der Waals surface area contributed by atoms with Gasteiger partial charge in [-0.2, -0.15) is 5.10 Å². The zero-order valence-corrected chi connectivity index (χ0v) is 10.0. The van der Waals surface area contributed by atoms with Crippen LogP contribution >= 0.6 is 15.9 Å². The summed E-state index contributed by atoms with van der Waals surface area (Å²) in [6, 6.07) is 7.64. The van der Waals surface area contributed by atoms with Crippen LogP contribution in [0.4, 0.5) is 4.79 Å². The van der Waals surface area contributed by atoms with Gasteiger partial charge in [0.05, 0.1) is 12.8 Å². The first-order valence-electron chi connectivity index (χ1n) is 4.27. The topological polar surface area (TPSA) is 50.7 Å². The number of hydrogen-bond donors (Lipinski definition) is 1. The van der Waals surface area contributed by atoms with Crippen LogP contribution in [0.25, 0.3) is 0 Å². The maximum absolute atomic E-state index is 10.8. The smallest absolute Gasteiger partial charge is 0.427 e. The molecule has 5 heteroatoms. The summed E-state index contributed by atoms with van der Waals surface area (Å²) in [6.45, 7) is 1.80. The molecule has 0 spiro atoms. The largest absolute Gasteiger partial charge is 0.452 e. The van der Waals surface area contributed by atoms with Crippen LogP contribution in [0.2, 0.25) is 0 Å². The van der Waals surface area contributed by atoms with Gasteiger partial charge in [-0.1, -0.05) is 28.1 Å². The lowest BCUT2D eigenvalue weighted by atomic mass is 10.1. The van der Waals surface area contributed by atoms with E-state index in [4.69, 9.17) is 0 Å². The maximum atomic E-state index is 10.8. The lowest BCUT2D eigenvalue weighted by Crippen LogP contribution is -2.18. The first-order chi connectivity index (χ1) is 7.13. The fourth-order valence-electron chi connectivity index (χ4n) is 0.953. The molecule has 0 bridgehead atoms. The first-order valence-corrected chi connectivity index (χ1v) is 5.07. The Labute approximate surface area is 96.4 Å². The minimum Gasteiger partial charge on any atom is -0.452 e. The summed E-state index contributed by atoms with van der Waals surface area (Å²) in [5.74, 6) is 0. The number of rotatable bonds is 2. The van der Waals surface area contributed by atoms with E-state index in [-0.39, 0.29) is 0 Å². The van der Waals surface area contributed by atoms with Crippen molar-refractivity contribution in [2.24, 2.45) is 5.10 Å². The monoisotopic (exact) mass is 270 g/mol. The van der Waals surface area contributed by atoms with E-state index in [9.17, 15) is 4.79 Å². The number of methoxy groups -OCH3 is 1. The Bertz CT molecular complexity index is 391. The second kappa shape index (κ2) is 5.50. The highest BCUT2D eigenvalue weighted by Crippen LogP contribution is 2.12. The van der Waals surface area contributed by atoms with Crippen molar-refractivity contribution in [1.82, 2.24) is 5.43 Å². The van der Waals surface area contributed by atoms with Gasteiger partial charge in [-0.15, -0.1) is 0 Å². The second-order valence-corrected chi connectivity index (χ2v) is 3.73. The van der Waals surface area contributed by atoms with Crippen LogP contribution < -0.4 is 5.43 Å². The van der Waals surface area contributed by atoms with Gasteiger partial charge in [0.25, 0.3) is 0 Å². The molecule has 0 aliphatic rings. The molecule has 0 atom stereocenters. The summed E-state index contributed by atoms with van der Waals surface area (Å²) in [5, 5.41) is 3.88. The van der Waals surface area contributed by atoms with Crippen LogP contribution in [0.3, 0.4) is 0 Å². The molecule has 1 amide bonds. The van der Waals surface area contributed by atoms with Crippen molar-refractivity contribution < 1.29 is 9.53 Å². The van der Waals surface area contributed by atoms with E-state index in [2.05, 4.69) is 31.2 Å². The predicted octanol–water partition coefficient (Wildman–Crippen LogP) is 2.53. The Kier molecular flexibility index (Phi) is 4.30. The summed E-state index contributed by atoms with van der Waals surface area (Å²) >= 11 is 3.36. The highest BCUT2D eigenvalue weighted by atomic mass is 79.9. The average Bonchev–Trinajstić information content (AvgIpc) is 2.25. The third kappa shape index (κ3) is 3.71. The summed E-state index contributed by atoms with van der Waals surface area (Å²) < 4.78 is 5.36. The molecule has 0 heterocycles. The predicted molar refractivity (Wildman–Crippen MR) is 61.9 cm³/mol. The van der Waals surface area contributed by atoms with Gasteiger partial charge in [0, 0.05) is 4.47 Å². The molecule has 1 aromatic carbocycles. The summed E-state index contributed by atoms with van der Waals surface area (Å²) in [6.07, 6.45) is -0.579. The molecule has 0 unspecified atom stereocenters. The molecule has 1 N–H and O–H groups in total. The molecule has 15 heavy (non-hydrogen) atoms. The molecule has 0 fully saturated rings. The molecule has 0 saturated heterocycles. The molecule has 4 nitrogen and oxygen atoms in total. The zero-order valence-electron chi connectivity index (χ0n) is 8.45. The Morgan fingerprint density at radius 1 is 1.53 bits per heavy atom. The number of hydrogen-bond acceptors (Lipinski definition) is 3. The van der Waals surface area contributed by atoms with Gasteiger partial charge in [-0.3, -0.25) is 0 Å². The van der Waals surface area contributed by atoms with E-state index in [0.717, 1.165) is 10.0 Å². The summed E-state index contributed by atoms with van der Waals surface area (Å²) in [7, 11) is 1.29.